The second-order valence-electron chi connectivity index (χ2n) is 14.8. The highest BCUT2D eigenvalue weighted by molar-refractivity contribution is 6.35. The molecule has 3 N–H and O–H groups in total. The Hall–Kier alpha value is -2.20. The Morgan fingerprint density at radius 2 is 1.64 bits per heavy atom. The van der Waals surface area contributed by atoms with Crippen LogP contribution in [0.2, 0.25) is 10.0 Å². The zero-order chi connectivity index (χ0) is 34.2. The number of rotatable bonds is 10. The lowest BCUT2D eigenvalue weighted by molar-refractivity contribution is -0.156. The van der Waals surface area contributed by atoms with E-state index in [2.05, 4.69) is 10.2 Å². The van der Waals surface area contributed by atoms with Gasteiger partial charge < -0.3 is 25.5 Å². The van der Waals surface area contributed by atoms with Crippen LogP contribution < -0.4 is 11.1 Å². The van der Waals surface area contributed by atoms with E-state index in [1.165, 1.54) is 32.0 Å². The van der Waals surface area contributed by atoms with Gasteiger partial charge in [-0.2, -0.15) is 0 Å². The van der Waals surface area contributed by atoms with Crippen molar-refractivity contribution in [1.29, 1.82) is 0 Å². The van der Waals surface area contributed by atoms with Crippen LogP contribution in [0.5, 0.6) is 0 Å². The van der Waals surface area contributed by atoms with Crippen LogP contribution in [0.1, 0.15) is 103 Å². The molecule has 2 amide bonds. The Morgan fingerprint density at radius 1 is 1.00 bits per heavy atom. The van der Waals surface area contributed by atoms with E-state index in [1.54, 1.807) is 43.9 Å². The van der Waals surface area contributed by atoms with E-state index in [-0.39, 0.29) is 24.2 Å². The molecule has 4 unspecified atom stereocenters. The first-order valence-corrected chi connectivity index (χ1v) is 18.3. The van der Waals surface area contributed by atoms with E-state index in [4.69, 9.17) is 33.7 Å². The summed E-state index contributed by atoms with van der Waals surface area (Å²) in [5.41, 5.74) is 5.82. The molecule has 4 rings (SSSR count). The molecular weight excluding hydrogens is 639 g/mol. The number of hydrogen-bond acceptors (Lipinski definition) is 7. The van der Waals surface area contributed by atoms with E-state index in [1.807, 2.05) is 0 Å². The van der Waals surface area contributed by atoms with Crippen LogP contribution in [-0.2, 0) is 30.3 Å². The quantitative estimate of drug-likeness (QED) is 0.183. The lowest BCUT2D eigenvalue weighted by Crippen LogP contribution is -2.59. The van der Waals surface area contributed by atoms with Gasteiger partial charge >= 0.3 is 5.97 Å². The molecule has 4 atom stereocenters. The molecule has 9 nitrogen and oxygen atoms in total. The molecule has 0 radical (unpaired) electrons. The summed E-state index contributed by atoms with van der Waals surface area (Å²) >= 11 is 12.6. The number of carbonyl (C=O) groups is 4. The molecule has 1 aromatic carbocycles. The number of aldehydes is 1. The van der Waals surface area contributed by atoms with Crippen molar-refractivity contribution in [2.75, 3.05) is 26.2 Å². The third-order valence-electron chi connectivity index (χ3n) is 10.3. The third kappa shape index (κ3) is 10.4. The third-order valence-corrected chi connectivity index (χ3v) is 10.9. The Kier molecular flexibility index (Phi) is 13.6. The van der Waals surface area contributed by atoms with Crippen molar-refractivity contribution >= 4 is 47.3 Å². The van der Waals surface area contributed by atoms with E-state index < -0.39 is 29.6 Å². The summed E-state index contributed by atoms with van der Waals surface area (Å²) in [5.74, 6) is -1.08. The Balaban J connectivity index is 1.47. The van der Waals surface area contributed by atoms with Crippen molar-refractivity contribution < 1.29 is 23.9 Å². The highest BCUT2D eigenvalue weighted by atomic mass is 35.5. The standard InChI is InChI=1S/C36H54Cl2N4O5/c1-35(2,3)47-32(44)23-29(39)33(45)40-30(21-25-13-14-26(37)22-28(25)38)34(46)42-19-17-41(18-20-42)31-12-8-6-7-11-27(31)36(24-43)15-9-4-5-10-16-36/h13-14,22,24,27,29-31H,4-12,15-21,23,39H2,1-3H3,(H,40,45). The number of nitrogens with one attached hydrogen (secondary N) is 1. The number of piperazine rings is 1. The largest absolute Gasteiger partial charge is 0.460 e. The summed E-state index contributed by atoms with van der Waals surface area (Å²) in [7, 11) is 0. The lowest BCUT2D eigenvalue weighted by atomic mass is 9.66. The van der Waals surface area contributed by atoms with Crippen molar-refractivity contribution in [1.82, 2.24) is 15.1 Å². The van der Waals surface area contributed by atoms with Crippen molar-refractivity contribution in [2.24, 2.45) is 17.1 Å². The average Bonchev–Trinajstić information content (AvgIpc) is 3.42. The van der Waals surface area contributed by atoms with E-state index >= 15 is 0 Å². The van der Waals surface area contributed by atoms with Gasteiger partial charge in [0.1, 0.15) is 17.9 Å². The summed E-state index contributed by atoms with van der Waals surface area (Å²) in [6.07, 6.45) is 13.5. The van der Waals surface area contributed by atoms with Gasteiger partial charge in [-0.15, -0.1) is 0 Å². The van der Waals surface area contributed by atoms with E-state index in [0.717, 1.165) is 44.9 Å². The fourth-order valence-electron chi connectivity index (χ4n) is 7.89. The number of hydrogen-bond donors (Lipinski definition) is 2. The fourth-order valence-corrected chi connectivity index (χ4v) is 8.38. The normalized spacial score (nSPS) is 23.9. The Labute approximate surface area is 290 Å². The monoisotopic (exact) mass is 692 g/mol. The number of esters is 1. The number of amides is 2. The van der Waals surface area contributed by atoms with Crippen LogP contribution in [-0.4, -0.2) is 83.8 Å². The van der Waals surface area contributed by atoms with Crippen LogP contribution in [0, 0.1) is 11.3 Å². The molecular formula is C36H54Cl2N4O5. The molecule has 0 spiro atoms. The van der Waals surface area contributed by atoms with Gasteiger partial charge in [-0.25, -0.2) is 0 Å². The topological polar surface area (TPSA) is 122 Å². The van der Waals surface area contributed by atoms with Gasteiger partial charge in [0.25, 0.3) is 0 Å². The van der Waals surface area contributed by atoms with Crippen LogP contribution in [0.4, 0.5) is 0 Å². The van der Waals surface area contributed by atoms with Crippen LogP contribution >= 0.6 is 23.2 Å². The molecule has 2 aliphatic carbocycles. The molecule has 11 heteroatoms. The molecule has 262 valence electrons. The fraction of sp³-hybridized carbons (Fsp3) is 0.722. The average molecular weight is 694 g/mol. The van der Waals surface area contributed by atoms with Crippen molar-refractivity contribution in [3.05, 3.63) is 33.8 Å². The molecule has 3 fully saturated rings. The second-order valence-corrected chi connectivity index (χ2v) is 15.7. The maximum Gasteiger partial charge on any atom is 0.308 e. The van der Waals surface area contributed by atoms with Gasteiger partial charge in [-0.3, -0.25) is 19.3 Å². The van der Waals surface area contributed by atoms with Crippen molar-refractivity contribution in [3.8, 4) is 0 Å². The van der Waals surface area contributed by atoms with Crippen LogP contribution in [0.25, 0.3) is 0 Å². The number of carbonyl (C=O) groups excluding carboxylic acids is 4. The zero-order valence-electron chi connectivity index (χ0n) is 28.4. The predicted molar refractivity (Wildman–Crippen MR) is 185 cm³/mol. The molecule has 1 heterocycles. The van der Waals surface area contributed by atoms with Gasteiger partial charge in [0.15, 0.2) is 0 Å². The molecule has 0 bridgehead atoms. The minimum Gasteiger partial charge on any atom is -0.460 e. The summed E-state index contributed by atoms with van der Waals surface area (Å²) in [4.78, 5) is 56.8. The van der Waals surface area contributed by atoms with Crippen LogP contribution in [0.3, 0.4) is 0 Å². The molecule has 3 aliphatic rings. The molecule has 1 saturated heterocycles. The van der Waals surface area contributed by atoms with Gasteiger partial charge in [0, 0.05) is 54.1 Å². The first-order valence-electron chi connectivity index (χ1n) is 17.5. The van der Waals surface area contributed by atoms with Crippen LogP contribution in [0.15, 0.2) is 18.2 Å². The first kappa shape index (κ1) is 37.6. The van der Waals surface area contributed by atoms with Gasteiger partial charge in [0.2, 0.25) is 11.8 Å². The minimum absolute atomic E-state index is 0.145. The number of ether oxygens (including phenoxy) is 1. The zero-order valence-corrected chi connectivity index (χ0v) is 29.9. The lowest BCUT2D eigenvalue weighted by Gasteiger charge is -2.47. The van der Waals surface area contributed by atoms with Gasteiger partial charge in [0.05, 0.1) is 12.5 Å². The van der Waals surface area contributed by atoms with Gasteiger partial charge in [-0.1, -0.05) is 74.2 Å². The van der Waals surface area contributed by atoms with E-state index in [9.17, 15) is 19.2 Å². The molecule has 47 heavy (non-hydrogen) atoms. The number of halogens is 2. The molecule has 1 aliphatic heterocycles. The number of benzene rings is 1. The minimum atomic E-state index is -1.18. The molecule has 2 saturated carbocycles. The Morgan fingerprint density at radius 3 is 2.26 bits per heavy atom. The summed E-state index contributed by atoms with van der Waals surface area (Å²) in [5, 5.41) is 3.68. The number of nitrogens with two attached hydrogens (primary N) is 1. The molecule has 1 aromatic rings. The summed E-state index contributed by atoms with van der Waals surface area (Å²) < 4.78 is 5.33. The number of nitrogens with zero attached hydrogens (tertiary/aromatic N) is 2. The van der Waals surface area contributed by atoms with Crippen molar-refractivity contribution in [3.63, 3.8) is 0 Å². The highest BCUT2D eigenvalue weighted by Gasteiger charge is 2.45. The van der Waals surface area contributed by atoms with Gasteiger partial charge in [-0.05, 0) is 70.1 Å². The maximum absolute atomic E-state index is 14.1. The maximum atomic E-state index is 14.1. The van der Waals surface area contributed by atoms with E-state index in [0.29, 0.717) is 53.7 Å². The van der Waals surface area contributed by atoms with Crippen molar-refractivity contribution in [2.45, 2.75) is 128 Å². The smallest absolute Gasteiger partial charge is 0.308 e. The Bertz CT molecular complexity index is 1240. The summed E-state index contributed by atoms with van der Waals surface area (Å²) in [6.45, 7) is 7.68. The summed E-state index contributed by atoms with van der Waals surface area (Å²) in [6, 6.07) is 3.26. The second kappa shape index (κ2) is 17.0. The predicted octanol–water partition coefficient (Wildman–Crippen LogP) is 5.71. The molecule has 0 aromatic heterocycles. The highest BCUT2D eigenvalue weighted by Crippen LogP contribution is 2.47. The SMILES string of the molecule is CC(C)(C)OC(=O)CC(N)C(=O)NC(Cc1ccc(Cl)cc1Cl)C(=O)N1CCN(C2CCCCCC2C2(C=O)CCCCCC2)CC1. The first-order chi connectivity index (χ1) is 22.3.